The van der Waals surface area contributed by atoms with Crippen LogP contribution >= 0.6 is 11.3 Å². The average Bonchev–Trinajstić information content (AvgIpc) is 3.17. The first-order valence-electron chi connectivity index (χ1n) is 8.16. The molecular formula is C17H28N2S. The van der Waals surface area contributed by atoms with Gasteiger partial charge in [-0.15, -0.1) is 11.3 Å². The molecule has 0 saturated heterocycles. The lowest BCUT2D eigenvalue weighted by Crippen LogP contribution is -2.61. The fraction of sp³-hybridized carbons (Fsp3) is 0.765. The van der Waals surface area contributed by atoms with Gasteiger partial charge in [0.15, 0.2) is 0 Å². The van der Waals surface area contributed by atoms with Crippen molar-refractivity contribution in [1.82, 2.24) is 4.90 Å². The molecule has 2 aliphatic carbocycles. The van der Waals surface area contributed by atoms with Gasteiger partial charge in [-0.3, -0.25) is 4.90 Å². The maximum absolute atomic E-state index is 6.35. The van der Waals surface area contributed by atoms with E-state index in [1.165, 1.54) is 37.0 Å². The molecule has 2 N–H and O–H groups in total. The van der Waals surface area contributed by atoms with Gasteiger partial charge >= 0.3 is 0 Å². The highest BCUT2D eigenvalue weighted by Crippen LogP contribution is 2.46. The highest BCUT2D eigenvalue weighted by Gasteiger charge is 2.49. The Labute approximate surface area is 127 Å². The molecule has 2 fully saturated rings. The van der Waals surface area contributed by atoms with Gasteiger partial charge in [0.25, 0.3) is 0 Å². The molecule has 1 heterocycles. The molecule has 20 heavy (non-hydrogen) atoms. The van der Waals surface area contributed by atoms with E-state index >= 15 is 0 Å². The van der Waals surface area contributed by atoms with Crippen LogP contribution in [0.4, 0.5) is 0 Å². The standard InChI is InChI=1S/C17H28N2S/c1-13-5-3-9-17(12-18,14(13)2)19(15-7-8-15)11-16-6-4-10-20-16/h4,6,10,13-15H,3,5,7-9,11-12,18H2,1-2H3. The van der Waals surface area contributed by atoms with E-state index in [2.05, 4.69) is 36.3 Å². The Kier molecular flexibility index (Phi) is 4.21. The third kappa shape index (κ3) is 2.56. The van der Waals surface area contributed by atoms with Gasteiger partial charge in [-0.25, -0.2) is 0 Å². The highest BCUT2D eigenvalue weighted by molar-refractivity contribution is 7.09. The number of thiophene rings is 1. The second kappa shape index (κ2) is 5.78. The summed E-state index contributed by atoms with van der Waals surface area (Å²) in [7, 11) is 0. The van der Waals surface area contributed by atoms with Crippen molar-refractivity contribution < 1.29 is 0 Å². The number of rotatable bonds is 5. The third-order valence-electron chi connectivity index (χ3n) is 5.79. The van der Waals surface area contributed by atoms with Crippen molar-refractivity contribution in [3.05, 3.63) is 22.4 Å². The first-order chi connectivity index (χ1) is 9.67. The maximum atomic E-state index is 6.35. The van der Waals surface area contributed by atoms with Crippen LogP contribution in [-0.2, 0) is 6.54 Å². The Bertz CT molecular complexity index is 426. The molecular weight excluding hydrogens is 264 g/mol. The molecule has 1 aromatic heterocycles. The lowest BCUT2D eigenvalue weighted by molar-refractivity contribution is -0.0221. The van der Waals surface area contributed by atoms with E-state index in [0.29, 0.717) is 5.92 Å². The fourth-order valence-corrected chi connectivity index (χ4v) is 4.86. The fourth-order valence-electron chi connectivity index (χ4n) is 4.15. The van der Waals surface area contributed by atoms with Gasteiger partial charge in [-0.05, 0) is 42.5 Å². The Balaban J connectivity index is 1.87. The van der Waals surface area contributed by atoms with Crippen molar-refractivity contribution in [2.45, 2.75) is 64.1 Å². The number of nitrogens with zero attached hydrogens (tertiary/aromatic N) is 1. The van der Waals surface area contributed by atoms with Crippen LogP contribution < -0.4 is 5.73 Å². The molecule has 3 atom stereocenters. The summed E-state index contributed by atoms with van der Waals surface area (Å²) >= 11 is 1.89. The van der Waals surface area contributed by atoms with Crippen molar-refractivity contribution in [2.75, 3.05) is 6.54 Å². The minimum Gasteiger partial charge on any atom is -0.329 e. The van der Waals surface area contributed by atoms with Gasteiger partial charge in [-0.2, -0.15) is 0 Å². The normalized spacial score (nSPS) is 34.6. The molecule has 0 amide bonds. The van der Waals surface area contributed by atoms with Crippen molar-refractivity contribution in [1.29, 1.82) is 0 Å². The van der Waals surface area contributed by atoms with E-state index in [4.69, 9.17) is 5.73 Å². The van der Waals surface area contributed by atoms with E-state index in [1.54, 1.807) is 0 Å². The van der Waals surface area contributed by atoms with E-state index in [0.717, 1.165) is 25.0 Å². The van der Waals surface area contributed by atoms with E-state index < -0.39 is 0 Å². The van der Waals surface area contributed by atoms with Crippen molar-refractivity contribution >= 4 is 11.3 Å². The summed E-state index contributed by atoms with van der Waals surface area (Å²) in [6.07, 6.45) is 6.75. The first kappa shape index (κ1) is 14.6. The van der Waals surface area contributed by atoms with E-state index in [9.17, 15) is 0 Å². The molecule has 0 spiro atoms. The topological polar surface area (TPSA) is 29.3 Å². The predicted molar refractivity (Wildman–Crippen MR) is 86.8 cm³/mol. The van der Waals surface area contributed by atoms with Crippen molar-refractivity contribution in [3.63, 3.8) is 0 Å². The highest BCUT2D eigenvalue weighted by atomic mass is 32.1. The number of hydrogen-bond acceptors (Lipinski definition) is 3. The molecule has 2 nitrogen and oxygen atoms in total. The molecule has 3 heteroatoms. The summed E-state index contributed by atoms with van der Waals surface area (Å²) in [6, 6.07) is 5.24. The van der Waals surface area contributed by atoms with E-state index in [1.807, 2.05) is 11.3 Å². The molecule has 0 aromatic carbocycles. The zero-order valence-corrected chi connectivity index (χ0v) is 13.7. The monoisotopic (exact) mass is 292 g/mol. The zero-order chi connectivity index (χ0) is 14.2. The van der Waals surface area contributed by atoms with Crippen LogP contribution in [0.1, 0.15) is 50.8 Å². The van der Waals surface area contributed by atoms with Crippen LogP contribution in [0.15, 0.2) is 17.5 Å². The summed E-state index contributed by atoms with van der Waals surface area (Å²) < 4.78 is 0. The predicted octanol–water partition coefficient (Wildman–Crippen LogP) is 3.87. The van der Waals surface area contributed by atoms with Gasteiger partial charge in [0.05, 0.1) is 0 Å². The summed E-state index contributed by atoms with van der Waals surface area (Å²) in [6.45, 7) is 6.79. The number of nitrogens with two attached hydrogens (primary N) is 1. The second-order valence-electron chi connectivity index (χ2n) is 6.90. The van der Waals surface area contributed by atoms with Crippen LogP contribution in [-0.4, -0.2) is 23.0 Å². The van der Waals surface area contributed by atoms with Crippen LogP contribution in [0.2, 0.25) is 0 Å². The van der Waals surface area contributed by atoms with Crippen LogP contribution in [0.5, 0.6) is 0 Å². The van der Waals surface area contributed by atoms with Crippen LogP contribution in [0, 0.1) is 11.8 Å². The summed E-state index contributed by atoms with van der Waals surface area (Å²) in [4.78, 5) is 4.29. The molecule has 2 aliphatic rings. The maximum Gasteiger partial charge on any atom is 0.0366 e. The number of hydrogen-bond donors (Lipinski definition) is 1. The Morgan fingerprint density at radius 3 is 2.75 bits per heavy atom. The summed E-state index contributed by atoms with van der Waals surface area (Å²) in [5.74, 6) is 1.51. The minimum atomic E-state index is 0.239. The smallest absolute Gasteiger partial charge is 0.0366 e. The Hall–Kier alpha value is -0.380. The lowest BCUT2D eigenvalue weighted by atomic mass is 9.67. The third-order valence-corrected chi connectivity index (χ3v) is 6.65. The minimum absolute atomic E-state index is 0.239. The molecule has 3 rings (SSSR count). The molecule has 112 valence electrons. The van der Waals surface area contributed by atoms with Crippen LogP contribution in [0.3, 0.4) is 0 Å². The van der Waals surface area contributed by atoms with Gasteiger partial charge < -0.3 is 5.73 Å². The van der Waals surface area contributed by atoms with Gasteiger partial charge in [-0.1, -0.05) is 32.8 Å². The van der Waals surface area contributed by atoms with Crippen molar-refractivity contribution in [2.24, 2.45) is 17.6 Å². The molecule has 2 saturated carbocycles. The molecule has 1 aromatic rings. The SMILES string of the molecule is CC1CCCC(CN)(N(Cc2cccs2)C2CC2)C1C. The quantitative estimate of drug-likeness (QED) is 0.892. The van der Waals surface area contributed by atoms with Gasteiger partial charge in [0.1, 0.15) is 0 Å². The zero-order valence-electron chi connectivity index (χ0n) is 12.8. The summed E-state index contributed by atoms with van der Waals surface area (Å²) in [5, 5.41) is 2.20. The second-order valence-corrected chi connectivity index (χ2v) is 7.94. The lowest BCUT2D eigenvalue weighted by Gasteiger charge is -2.52. The Morgan fingerprint density at radius 2 is 2.15 bits per heavy atom. The molecule has 0 aliphatic heterocycles. The molecule has 0 bridgehead atoms. The summed E-state index contributed by atoms with van der Waals surface area (Å²) in [5.41, 5.74) is 6.59. The first-order valence-corrected chi connectivity index (χ1v) is 9.04. The Morgan fingerprint density at radius 1 is 1.35 bits per heavy atom. The van der Waals surface area contributed by atoms with Gasteiger partial charge in [0.2, 0.25) is 0 Å². The average molecular weight is 292 g/mol. The molecule has 3 unspecified atom stereocenters. The largest absolute Gasteiger partial charge is 0.329 e. The molecule has 0 radical (unpaired) electrons. The van der Waals surface area contributed by atoms with Crippen molar-refractivity contribution in [3.8, 4) is 0 Å². The van der Waals surface area contributed by atoms with Gasteiger partial charge in [0, 0.05) is 29.5 Å². The van der Waals surface area contributed by atoms with E-state index in [-0.39, 0.29) is 5.54 Å². The van der Waals surface area contributed by atoms with Crippen LogP contribution in [0.25, 0.3) is 0 Å².